The van der Waals surface area contributed by atoms with E-state index in [1.54, 1.807) is 0 Å². The molecule has 0 aromatic rings. The summed E-state index contributed by atoms with van der Waals surface area (Å²) in [5.74, 6) is -0.526. The standard InChI is InChI=1S/C57H90O5/c1-4-7-10-13-16-18-20-22-24-26-28-30-32-34-36-38-40-43-46-49-52-60-53-55(62-57(59)51-48-45-41-15-12-9-6-3)54-61-56(58)50-47-44-42-39-37-35-33-31-29-27-25-23-21-19-17-14-11-8-5-2/h7-8,10-11,16-19,22-25,28-31,34-37,42,44,55H,4-6,9,12-15,20-21,26-27,32-33,38-41,43,45-54H2,1-3H3/b10-7-,11-8-,18-16-,19-17-,24-22-,25-23-,30-28-,31-29-,36-34-,37-35-,44-42-. The zero-order valence-electron chi connectivity index (χ0n) is 39.8. The van der Waals surface area contributed by atoms with Crippen LogP contribution in [0.3, 0.4) is 0 Å². The van der Waals surface area contributed by atoms with Gasteiger partial charge in [0, 0.05) is 19.4 Å². The SMILES string of the molecule is CC/C=C\C/C=C\C/C=C\C/C=C\C/C=C\C/C=C\CCC(=O)OCC(COCCCCCC/C=C\C/C=C\C/C=C\C/C=C\C/C=C\CC)OC(=O)CCCCCCCCC. The Morgan fingerprint density at radius 3 is 1.23 bits per heavy atom. The number of esters is 2. The van der Waals surface area contributed by atoms with E-state index >= 15 is 0 Å². The summed E-state index contributed by atoms with van der Waals surface area (Å²) in [6.45, 7) is 7.40. The molecule has 0 aliphatic rings. The van der Waals surface area contributed by atoms with Crippen LogP contribution in [0.5, 0.6) is 0 Å². The lowest BCUT2D eigenvalue weighted by atomic mass is 10.1. The van der Waals surface area contributed by atoms with Crippen LogP contribution in [0.4, 0.5) is 0 Å². The van der Waals surface area contributed by atoms with Crippen molar-refractivity contribution in [3.8, 4) is 0 Å². The zero-order valence-corrected chi connectivity index (χ0v) is 39.8. The molecule has 0 aliphatic carbocycles. The third-order valence-electron chi connectivity index (χ3n) is 9.70. The van der Waals surface area contributed by atoms with E-state index in [-0.39, 0.29) is 25.2 Å². The zero-order chi connectivity index (χ0) is 44.9. The Bertz CT molecular complexity index is 1330. The van der Waals surface area contributed by atoms with Crippen molar-refractivity contribution in [3.63, 3.8) is 0 Å². The predicted octanol–water partition coefficient (Wildman–Crippen LogP) is 16.8. The molecule has 0 aromatic heterocycles. The first-order valence-electron chi connectivity index (χ1n) is 24.7. The van der Waals surface area contributed by atoms with Gasteiger partial charge in [0.05, 0.1) is 6.61 Å². The first-order valence-corrected chi connectivity index (χ1v) is 24.7. The number of carbonyl (C=O) groups excluding carboxylic acids is 2. The summed E-state index contributed by atoms with van der Waals surface area (Å²) >= 11 is 0. The highest BCUT2D eigenvalue weighted by Crippen LogP contribution is 2.11. The largest absolute Gasteiger partial charge is 0.462 e. The number of unbranched alkanes of at least 4 members (excludes halogenated alkanes) is 10. The fourth-order valence-electron chi connectivity index (χ4n) is 6.09. The van der Waals surface area contributed by atoms with E-state index in [0.29, 0.717) is 25.9 Å². The summed E-state index contributed by atoms with van der Waals surface area (Å²) in [6.07, 6.45) is 73.4. The molecule has 5 heteroatoms. The number of allylic oxidation sites excluding steroid dienone is 22. The summed E-state index contributed by atoms with van der Waals surface area (Å²) in [4.78, 5) is 25.2. The summed E-state index contributed by atoms with van der Waals surface area (Å²) in [5, 5.41) is 0. The summed E-state index contributed by atoms with van der Waals surface area (Å²) in [6, 6.07) is 0. The molecule has 62 heavy (non-hydrogen) atoms. The maximum Gasteiger partial charge on any atom is 0.306 e. The molecule has 0 aromatic carbocycles. The van der Waals surface area contributed by atoms with E-state index in [0.717, 1.165) is 122 Å². The van der Waals surface area contributed by atoms with Gasteiger partial charge in [-0.05, 0) is 103 Å². The first-order chi connectivity index (χ1) is 30.6. The molecule has 5 nitrogen and oxygen atoms in total. The quantitative estimate of drug-likeness (QED) is 0.0347. The van der Waals surface area contributed by atoms with Gasteiger partial charge in [0.15, 0.2) is 6.10 Å². The van der Waals surface area contributed by atoms with E-state index in [4.69, 9.17) is 14.2 Å². The highest BCUT2D eigenvalue weighted by atomic mass is 16.6. The van der Waals surface area contributed by atoms with Gasteiger partial charge in [-0.25, -0.2) is 0 Å². The molecule has 0 saturated heterocycles. The monoisotopic (exact) mass is 855 g/mol. The van der Waals surface area contributed by atoms with Crippen LogP contribution in [0.2, 0.25) is 0 Å². The molecule has 348 valence electrons. The van der Waals surface area contributed by atoms with Crippen molar-refractivity contribution in [2.24, 2.45) is 0 Å². The Morgan fingerprint density at radius 2 is 0.758 bits per heavy atom. The molecule has 1 atom stereocenters. The van der Waals surface area contributed by atoms with Crippen LogP contribution in [0.25, 0.3) is 0 Å². The summed E-state index contributed by atoms with van der Waals surface area (Å²) in [7, 11) is 0. The van der Waals surface area contributed by atoms with Crippen molar-refractivity contribution in [1.29, 1.82) is 0 Å². The third-order valence-corrected chi connectivity index (χ3v) is 9.70. The molecule has 0 fully saturated rings. The van der Waals surface area contributed by atoms with Crippen LogP contribution in [0.15, 0.2) is 134 Å². The van der Waals surface area contributed by atoms with E-state index in [1.165, 1.54) is 25.7 Å². The van der Waals surface area contributed by atoms with Crippen LogP contribution in [-0.4, -0.2) is 37.9 Å². The molecule has 0 spiro atoms. The number of hydrogen-bond donors (Lipinski definition) is 0. The molecule has 0 N–H and O–H groups in total. The Morgan fingerprint density at radius 1 is 0.371 bits per heavy atom. The van der Waals surface area contributed by atoms with Crippen LogP contribution in [-0.2, 0) is 23.8 Å². The summed E-state index contributed by atoms with van der Waals surface area (Å²) < 4.78 is 17.2. The Balaban J connectivity index is 4.33. The van der Waals surface area contributed by atoms with Crippen molar-refractivity contribution in [2.75, 3.05) is 19.8 Å². The minimum Gasteiger partial charge on any atom is -0.462 e. The molecule has 1 unspecified atom stereocenters. The predicted molar refractivity (Wildman–Crippen MR) is 269 cm³/mol. The maximum atomic E-state index is 12.7. The fourth-order valence-corrected chi connectivity index (χ4v) is 6.09. The normalized spacial score (nSPS) is 13.4. The fraction of sp³-hybridized carbons (Fsp3) is 0.579. The van der Waals surface area contributed by atoms with Crippen molar-refractivity contribution in [3.05, 3.63) is 134 Å². The molecule has 0 rings (SSSR count). The lowest BCUT2D eigenvalue weighted by molar-refractivity contribution is -0.162. The molecular weight excluding hydrogens is 765 g/mol. The van der Waals surface area contributed by atoms with Crippen molar-refractivity contribution < 1.29 is 23.8 Å². The number of ether oxygens (including phenoxy) is 3. The molecule has 0 aliphatic heterocycles. The van der Waals surface area contributed by atoms with Crippen molar-refractivity contribution >= 4 is 11.9 Å². The van der Waals surface area contributed by atoms with E-state index in [1.807, 2.05) is 6.08 Å². The van der Waals surface area contributed by atoms with Crippen molar-refractivity contribution in [1.82, 2.24) is 0 Å². The molecule has 0 heterocycles. The first kappa shape index (κ1) is 58.0. The van der Waals surface area contributed by atoms with Gasteiger partial charge in [0.1, 0.15) is 6.61 Å². The lowest BCUT2D eigenvalue weighted by Crippen LogP contribution is -2.30. The van der Waals surface area contributed by atoms with Gasteiger partial charge in [0.2, 0.25) is 0 Å². The van der Waals surface area contributed by atoms with Crippen LogP contribution in [0, 0.1) is 0 Å². The van der Waals surface area contributed by atoms with Crippen LogP contribution < -0.4 is 0 Å². The van der Waals surface area contributed by atoms with Gasteiger partial charge in [-0.1, -0.05) is 206 Å². The summed E-state index contributed by atoms with van der Waals surface area (Å²) in [5.41, 5.74) is 0. The average molecular weight is 855 g/mol. The van der Waals surface area contributed by atoms with Gasteiger partial charge >= 0.3 is 11.9 Å². The minimum absolute atomic E-state index is 0.0264. The maximum absolute atomic E-state index is 12.7. The second kappa shape index (κ2) is 51.4. The molecule has 0 saturated carbocycles. The highest BCUT2D eigenvalue weighted by molar-refractivity contribution is 5.70. The number of carbonyl (C=O) groups is 2. The van der Waals surface area contributed by atoms with E-state index < -0.39 is 6.10 Å². The average Bonchev–Trinajstić information content (AvgIpc) is 3.27. The van der Waals surface area contributed by atoms with E-state index in [9.17, 15) is 9.59 Å². The molecule has 0 bridgehead atoms. The van der Waals surface area contributed by atoms with Crippen molar-refractivity contribution in [2.45, 2.75) is 194 Å². The lowest BCUT2D eigenvalue weighted by Gasteiger charge is -2.18. The molecule has 0 amide bonds. The second-order valence-electron chi connectivity index (χ2n) is 15.6. The Labute approximate surface area is 381 Å². The molecule has 0 radical (unpaired) electrons. The highest BCUT2D eigenvalue weighted by Gasteiger charge is 2.17. The van der Waals surface area contributed by atoms with E-state index in [2.05, 4.69) is 148 Å². The van der Waals surface area contributed by atoms with Gasteiger partial charge < -0.3 is 14.2 Å². The second-order valence-corrected chi connectivity index (χ2v) is 15.6. The van der Waals surface area contributed by atoms with Gasteiger partial charge in [-0.3, -0.25) is 9.59 Å². The number of hydrogen-bond acceptors (Lipinski definition) is 5. The Kier molecular flexibility index (Phi) is 48.1. The minimum atomic E-state index is -0.586. The smallest absolute Gasteiger partial charge is 0.306 e. The number of rotatable bonds is 43. The van der Waals surface area contributed by atoms with Crippen LogP contribution >= 0.6 is 0 Å². The van der Waals surface area contributed by atoms with Gasteiger partial charge in [-0.2, -0.15) is 0 Å². The van der Waals surface area contributed by atoms with Gasteiger partial charge in [0.25, 0.3) is 0 Å². The van der Waals surface area contributed by atoms with Crippen LogP contribution in [0.1, 0.15) is 188 Å². The topological polar surface area (TPSA) is 61.8 Å². The molecular formula is C57H90O5. The Hall–Kier alpha value is -3.96. The van der Waals surface area contributed by atoms with Gasteiger partial charge in [-0.15, -0.1) is 0 Å². The third kappa shape index (κ3) is 48.7.